The van der Waals surface area contributed by atoms with Gasteiger partial charge in [-0.25, -0.2) is 4.79 Å². The zero-order chi connectivity index (χ0) is 14.4. The highest BCUT2D eigenvalue weighted by molar-refractivity contribution is 6.05. The first-order valence-corrected chi connectivity index (χ1v) is 5.95. The highest BCUT2D eigenvalue weighted by Crippen LogP contribution is 2.17. The average Bonchev–Trinajstić information content (AvgIpc) is 2.36. The Balaban J connectivity index is 3.00. The standard InChI is InChI=1S/C14H18N2O3/c1-4-16(14(18)19)12-7-5-6-11(10-12)13(17)8-9-15(2)3/h5-10H,4H2,1-3H3,(H,18,19)/b9-8+. The lowest BCUT2D eigenvalue weighted by Gasteiger charge is -2.17. The van der Waals surface area contributed by atoms with E-state index in [1.54, 1.807) is 42.3 Å². The van der Waals surface area contributed by atoms with Crippen LogP contribution in [0.15, 0.2) is 36.5 Å². The minimum absolute atomic E-state index is 0.156. The first-order valence-electron chi connectivity index (χ1n) is 5.95. The maximum Gasteiger partial charge on any atom is 0.411 e. The van der Waals surface area contributed by atoms with Gasteiger partial charge in [0.25, 0.3) is 0 Å². The van der Waals surface area contributed by atoms with E-state index >= 15 is 0 Å². The molecule has 0 bridgehead atoms. The Labute approximate surface area is 112 Å². The Morgan fingerprint density at radius 1 is 1.32 bits per heavy atom. The van der Waals surface area contributed by atoms with Crippen LogP contribution in [0.5, 0.6) is 0 Å². The molecule has 0 unspecified atom stereocenters. The molecule has 0 aliphatic heterocycles. The monoisotopic (exact) mass is 262 g/mol. The van der Waals surface area contributed by atoms with Crippen molar-refractivity contribution in [3.05, 3.63) is 42.1 Å². The first-order chi connectivity index (χ1) is 8.95. The van der Waals surface area contributed by atoms with Crippen molar-refractivity contribution >= 4 is 17.6 Å². The van der Waals surface area contributed by atoms with Gasteiger partial charge >= 0.3 is 6.09 Å². The third-order valence-electron chi connectivity index (χ3n) is 2.51. The summed E-state index contributed by atoms with van der Waals surface area (Å²) >= 11 is 0. The van der Waals surface area contributed by atoms with Crippen molar-refractivity contribution in [1.82, 2.24) is 4.90 Å². The molecule has 0 fully saturated rings. The van der Waals surface area contributed by atoms with Gasteiger partial charge in [-0.05, 0) is 19.1 Å². The number of hydrogen-bond acceptors (Lipinski definition) is 3. The third-order valence-corrected chi connectivity index (χ3v) is 2.51. The number of carboxylic acid groups (broad SMARTS) is 1. The number of carbonyl (C=O) groups excluding carboxylic acids is 1. The zero-order valence-corrected chi connectivity index (χ0v) is 11.3. The molecule has 0 aliphatic carbocycles. The second-order valence-electron chi connectivity index (χ2n) is 4.22. The molecule has 1 aromatic rings. The first kappa shape index (κ1) is 14.8. The molecule has 0 aliphatic rings. The van der Waals surface area contributed by atoms with Crippen LogP contribution in [0.4, 0.5) is 10.5 Å². The Morgan fingerprint density at radius 2 is 2.00 bits per heavy atom. The van der Waals surface area contributed by atoms with Gasteiger partial charge in [0, 0.05) is 44.2 Å². The molecule has 1 amide bonds. The minimum Gasteiger partial charge on any atom is -0.465 e. The highest BCUT2D eigenvalue weighted by atomic mass is 16.4. The smallest absolute Gasteiger partial charge is 0.411 e. The van der Waals surface area contributed by atoms with Crippen molar-refractivity contribution in [3.63, 3.8) is 0 Å². The molecular formula is C14H18N2O3. The summed E-state index contributed by atoms with van der Waals surface area (Å²) in [5, 5.41) is 9.05. The van der Waals surface area contributed by atoms with Gasteiger partial charge in [0.05, 0.1) is 0 Å². The largest absolute Gasteiger partial charge is 0.465 e. The second kappa shape index (κ2) is 6.58. The van der Waals surface area contributed by atoms with E-state index < -0.39 is 6.09 Å². The second-order valence-corrected chi connectivity index (χ2v) is 4.22. The number of hydrogen-bond donors (Lipinski definition) is 1. The highest BCUT2D eigenvalue weighted by Gasteiger charge is 2.13. The van der Waals surface area contributed by atoms with E-state index in [2.05, 4.69) is 0 Å². The molecule has 1 rings (SSSR count). The van der Waals surface area contributed by atoms with Crippen molar-refractivity contribution in [2.45, 2.75) is 6.92 Å². The van der Waals surface area contributed by atoms with Crippen molar-refractivity contribution in [3.8, 4) is 0 Å². The average molecular weight is 262 g/mol. The molecule has 0 spiro atoms. The van der Waals surface area contributed by atoms with Crippen molar-refractivity contribution in [2.75, 3.05) is 25.5 Å². The maximum atomic E-state index is 11.9. The molecule has 0 heterocycles. The summed E-state index contributed by atoms with van der Waals surface area (Å²) in [6, 6.07) is 6.60. The Kier molecular flexibility index (Phi) is 5.11. The number of rotatable bonds is 5. The summed E-state index contributed by atoms with van der Waals surface area (Å²) in [5.41, 5.74) is 0.967. The molecule has 0 saturated carbocycles. The molecule has 0 saturated heterocycles. The minimum atomic E-state index is -1.03. The predicted octanol–water partition coefficient (Wildman–Crippen LogP) is 2.45. The maximum absolute atomic E-state index is 11.9. The number of amides is 1. The number of ketones is 1. The summed E-state index contributed by atoms with van der Waals surface area (Å²) in [6.45, 7) is 2.08. The van der Waals surface area contributed by atoms with Crippen molar-refractivity contribution < 1.29 is 14.7 Å². The van der Waals surface area contributed by atoms with Crippen molar-refractivity contribution in [1.29, 1.82) is 0 Å². The summed E-state index contributed by atoms with van der Waals surface area (Å²) in [4.78, 5) is 25.9. The molecule has 19 heavy (non-hydrogen) atoms. The quantitative estimate of drug-likeness (QED) is 0.654. The Hall–Kier alpha value is -2.30. The normalized spacial score (nSPS) is 10.5. The van der Waals surface area contributed by atoms with Gasteiger partial charge < -0.3 is 10.0 Å². The summed E-state index contributed by atoms with van der Waals surface area (Å²) < 4.78 is 0. The van der Waals surface area contributed by atoms with E-state index in [-0.39, 0.29) is 5.78 Å². The Bertz CT molecular complexity index is 495. The van der Waals surface area contributed by atoms with Gasteiger partial charge in [-0.15, -0.1) is 0 Å². The fourth-order valence-electron chi connectivity index (χ4n) is 1.57. The number of allylic oxidation sites excluding steroid dienone is 1. The van der Waals surface area contributed by atoms with E-state index in [0.29, 0.717) is 17.8 Å². The molecule has 1 aromatic carbocycles. The lowest BCUT2D eigenvalue weighted by molar-refractivity contribution is 0.104. The van der Waals surface area contributed by atoms with E-state index in [0.717, 1.165) is 0 Å². The van der Waals surface area contributed by atoms with Crippen molar-refractivity contribution in [2.24, 2.45) is 0 Å². The third kappa shape index (κ3) is 4.13. The van der Waals surface area contributed by atoms with Crippen LogP contribution in [-0.4, -0.2) is 42.5 Å². The van der Waals surface area contributed by atoms with E-state index in [9.17, 15) is 9.59 Å². The summed E-state index contributed by atoms with van der Waals surface area (Å²) in [5.74, 6) is -0.156. The lowest BCUT2D eigenvalue weighted by atomic mass is 10.1. The zero-order valence-electron chi connectivity index (χ0n) is 11.3. The van der Waals surface area contributed by atoms with Crippen LogP contribution in [0.1, 0.15) is 17.3 Å². The van der Waals surface area contributed by atoms with Gasteiger partial charge in [-0.3, -0.25) is 9.69 Å². The van der Waals surface area contributed by atoms with Crippen LogP contribution in [0, 0.1) is 0 Å². The number of anilines is 1. The topological polar surface area (TPSA) is 60.9 Å². The fourth-order valence-corrected chi connectivity index (χ4v) is 1.57. The van der Waals surface area contributed by atoms with E-state index in [4.69, 9.17) is 5.11 Å². The van der Waals surface area contributed by atoms with Gasteiger partial charge in [0.15, 0.2) is 5.78 Å². The van der Waals surface area contributed by atoms with Gasteiger partial charge in [0.2, 0.25) is 0 Å². The van der Waals surface area contributed by atoms with Crippen LogP contribution in [0.3, 0.4) is 0 Å². The van der Waals surface area contributed by atoms with Crippen LogP contribution in [-0.2, 0) is 0 Å². The van der Waals surface area contributed by atoms with Gasteiger partial charge in [-0.2, -0.15) is 0 Å². The van der Waals surface area contributed by atoms with E-state index in [1.165, 1.54) is 11.0 Å². The molecule has 102 valence electrons. The molecule has 0 atom stereocenters. The molecule has 5 nitrogen and oxygen atoms in total. The van der Waals surface area contributed by atoms with Gasteiger partial charge in [0.1, 0.15) is 0 Å². The van der Waals surface area contributed by atoms with Crippen LogP contribution in [0.2, 0.25) is 0 Å². The number of carbonyl (C=O) groups is 2. The molecule has 0 radical (unpaired) electrons. The molecular weight excluding hydrogens is 244 g/mol. The predicted molar refractivity (Wildman–Crippen MR) is 74.6 cm³/mol. The van der Waals surface area contributed by atoms with Crippen LogP contribution in [0.25, 0.3) is 0 Å². The Morgan fingerprint density at radius 3 is 2.53 bits per heavy atom. The van der Waals surface area contributed by atoms with Crippen LogP contribution < -0.4 is 4.90 Å². The van der Waals surface area contributed by atoms with E-state index in [1.807, 2.05) is 14.1 Å². The summed E-state index contributed by atoms with van der Waals surface area (Å²) in [6.07, 6.45) is 2.08. The molecule has 1 N–H and O–H groups in total. The lowest BCUT2D eigenvalue weighted by Crippen LogP contribution is -2.28. The number of benzene rings is 1. The molecule has 0 aromatic heterocycles. The number of nitrogens with zero attached hydrogens (tertiary/aromatic N) is 2. The molecule has 5 heteroatoms. The summed E-state index contributed by atoms with van der Waals surface area (Å²) in [7, 11) is 3.65. The van der Waals surface area contributed by atoms with Crippen LogP contribution >= 0.6 is 0 Å². The van der Waals surface area contributed by atoms with Gasteiger partial charge in [-0.1, -0.05) is 12.1 Å². The SMILES string of the molecule is CCN(C(=O)O)c1cccc(C(=O)/C=C/N(C)C)c1. The fraction of sp³-hybridized carbons (Fsp3) is 0.286.